The van der Waals surface area contributed by atoms with E-state index in [9.17, 15) is 26.4 Å². The van der Waals surface area contributed by atoms with Crippen molar-refractivity contribution in [1.82, 2.24) is 0 Å². The first kappa shape index (κ1) is 19.1. The maximum Gasteiger partial charge on any atom is 0.416 e. The molecule has 0 aromatic heterocycles. The van der Waals surface area contributed by atoms with E-state index < -0.39 is 39.0 Å². The minimum atomic E-state index is -4.84. The lowest BCUT2D eigenvalue weighted by atomic mass is 10.1. The fourth-order valence-electron chi connectivity index (χ4n) is 2.05. The smallest absolute Gasteiger partial charge is 0.416 e. The topological polar surface area (TPSA) is 83.5 Å². The molecule has 134 valence electrons. The van der Waals surface area contributed by atoms with E-state index in [1.165, 1.54) is 19.1 Å². The van der Waals surface area contributed by atoms with E-state index in [1.807, 2.05) is 4.72 Å². The number of carboxylic acid groups (broad SMARTS) is 1. The lowest BCUT2D eigenvalue weighted by molar-refractivity contribution is -0.137. The predicted molar refractivity (Wildman–Crippen MR) is 85.4 cm³/mol. The zero-order valence-corrected chi connectivity index (χ0v) is 14.1. The summed E-state index contributed by atoms with van der Waals surface area (Å²) in [4.78, 5) is 10.8. The largest absolute Gasteiger partial charge is 0.478 e. The van der Waals surface area contributed by atoms with Crippen molar-refractivity contribution in [3.05, 3.63) is 58.1 Å². The summed E-state index contributed by atoms with van der Waals surface area (Å²) >= 11 is 5.76. The number of anilines is 1. The van der Waals surface area contributed by atoms with Gasteiger partial charge in [-0.25, -0.2) is 13.2 Å². The van der Waals surface area contributed by atoms with Gasteiger partial charge in [0.25, 0.3) is 10.0 Å². The van der Waals surface area contributed by atoms with Crippen molar-refractivity contribution in [2.75, 3.05) is 4.72 Å². The molecule has 0 heterocycles. The van der Waals surface area contributed by atoms with Gasteiger partial charge in [0.15, 0.2) is 0 Å². The molecule has 0 saturated carbocycles. The molecule has 2 aromatic carbocycles. The first-order valence-corrected chi connectivity index (χ1v) is 8.51. The number of carboxylic acids is 1. The highest BCUT2D eigenvalue weighted by molar-refractivity contribution is 7.92. The van der Waals surface area contributed by atoms with Gasteiger partial charge in [-0.1, -0.05) is 17.7 Å². The SMILES string of the molecule is Cc1ccc(Cl)cc1S(=O)(=O)Nc1cc(C(=O)O)cc(C(F)(F)F)c1. The second-order valence-corrected chi connectivity index (χ2v) is 7.20. The molecule has 0 atom stereocenters. The molecular formula is C15H11ClF3NO4S. The van der Waals surface area contributed by atoms with Gasteiger partial charge in [0.1, 0.15) is 0 Å². The van der Waals surface area contributed by atoms with E-state index >= 15 is 0 Å². The highest BCUT2D eigenvalue weighted by atomic mass is 35.5. The Bertz CT molecular complexity index is 942. The van der Waals surface area contributed by atoms with Crippen LogP contribution in [-0.4, -0.2) is 19.5 Å². The molecule has 2 aromatic rings. The summed E-state index contributed by atoms with van der Waals surface area (Å²) in [6, 6.07) is 5.78. The molecule has 5 nitrogen and oxygen atoms in total. The quantitative estimate of drug-likeness (QED) is 0.816. The molecule has 0 fully saturated rings. The molecule has 0 aliphatic carbocycles. The third kappa shape index (κ3) is 4.43. The van der Waals surface area contributed by atoms with Gasteiger partial charge in [0.2, 0.25) is 0 Å². The number of carbonyl (C=O) groups is 1. The molecule has 0 unspecified atom stereocenters. The van der Waals surface area contributed by atoms with Crippen LogP contribution in [0.15, 0.2) is 41.3 Å². The minimum absolute atomic E-state index is 0.126. The Labute approximate surface area is 146 Å². The van der Waals surface area contributed by atoms with Crippen molar-refractivity contribution in [2.24, 2.45) is 0 Å². The molecule has 0 bridgehead atoms. The average molecular weight is 394 g/mol. The summed E-state index contributed by atoms with van der Waals surface area (Å²) in [6.45, 7) is 1.49. The monoisotopic (exact) mass is 393 g/mol. The minimum Gasteiger partial charge on any atom is -0.478 e. The van der Waals surface area contributed by atoms with E-state index in [0.717, 1.165) is 12.1 Å². The maximum atomic E-state index is 12.9. The third-order valence-electron chi connectivity index (χ3n) is 3.20. The molecular weight excluding hydrogens is 383 g/mol. The number of nitrogens with one attached hydrogen (secondary N) is 1. The summed E-state index contributed by atoms with van der Waals surface area (Å²) in [5.41, 5.74) is -2.18. The van der Waals surface area contributed by atoms with Crippen molar-refractivity contribution in [3.63, 3.8) is 0 Å². The number of sulfonamides is 1. The number of rotatable bonds is 4. The zero-order chi connectivity index (χ0) is 19.0. The van der Waals surface area contributed by atoms with Gasteiger partial charge in [-0.05, 0) is 42.8 Å². The Kier molecular flexibility index (Phi) is 5.01. The van der Waals surface area contributed by atoms with Crippen LogP contribution in [0.25, 0.3) is 0 Å². The Morgan fingerprint density at radius 2 is 1.80 bits per heavy atom. The van der Waals surface area contributed by atoms with E-state index in [1.54, 1.807) is 0 Å². The summed E-state index contributed by atoms with van der Waals surface area (Å²) in [7, 11) is -4.27. The van der Waals surface area contributed by atoms with Gasteiger partial charge in [0, 0.05) is 5.02 Å². The lowest BCUT2D eigenvalue weighted by Gasteiger charge is -2.14. The summed E-state index contributed by atoms with van der Waals surface area (Å²) < 4.78 is 65.5. The highest BCUT2D eigenvalue weighted by Gasteiger charge is 2.32. The standard InChI is InChI=1S/C15H11ClF3NO4S/c1-8-2-3-11(16)7-13(8)25(23,24)20-12-5-9(14(21)22)4-10(6-12)15(17,18)19/h2-7,20H,1H3,(H,21,22). The zero-order valence-electron chi connectivity index (χ0n) is 12.6. The third-order valence-corrected chi connectivity index (χ3v) is 4.96. The molecule has 2 N–H and O–H groups in total. The molecule has 0 saturated heterocycles. The van der Waals surface area contributed by atoms with Crippen LogP contribution in [0.5, 0.6) is 0 Å². The fourth-order valence-corrected chi connectivity index (χ4v) is 3.60. The van der Waals surface area contributed by atoms with Gasteiger partial charge >= 0.3 is 12.1 Å². The molecule has 0 aliphatic rings. The molecule has 25 heavy (non-hydrogen) atoms. The second kappa shape index (κ2) is 6.57. The van der Waals surface area contributed by atoms with Crippen molar-refractivity contribution in [1.29, 1.82) is 0 Å². The van der Waals surface area contributed by atoms with Crippen LogP contribution in [0.4, 0.5) is 18.9 Å². The van der Waals surface area contributed by atoms with E-state index in [2.05, 4.69) is 0 Å². The Balaban J connectivity index is 2.53. The van der Waals surface area contributed by atoms with Gasteiger partial charge in [-0.3, -0.25) is 4.72 Å². The van der Waals surface area contributed by atoms with Crippen molar-refractivity contribution in [2.45, 2.75) is 18.0 Å². The Morgan fingerprint density at radius 1 is 1.16 bits per heavy atom. The van der Waals surface area contributed by atoms with Crippen LogP contribution in [0.3, 0.4) is 0 Å². The maximum absolute atomic E-state index is 12.9. The molecule has 0 aliphatic heterocycles. The molecule has 0 radical (unpaired) electrons. The van der Waals surface area contributed by atoms with Gasteiger partial charge < -0.3 is 5.11 Å². The number of halogens is 4. The average Bonchev–Trinajstić information content (AvgIpc) is 2.47. The Morgan fingerprint density at radius 3 is 2.36 bits per heavy atom. The van der Waals surface area contributed by atoms with Crippen LogP contribution in [0, 0.1) is 6.92 Å². The molecule has 0 amide bonds. The summed E-state index contributed by atoms with van der Waals surface area (Å²) in [5.74, 6) is -1.62. The number of hydrogen-bond acceptors (Lipinski definition) is 3. The first-order valence-electron chi connectivity index (χ1n) is 6.65. The Hall–Kier alpha value is -2.26. The van der Waals surface area contributed by atoms with Gasteiger partial charge in [-0.15, -0.1) is 0 Å². The molecule has 10 heteroatoms. The van der Waals surface area contributed by atoms with E-state index in [4.69, 9.17) is 16.7 Å². The normalized spacial score (nSPS) is 12.0. The first-order chi connectivity index (χ1) is 11.4. The van der Waals surface area contributed by atoms with Crippen molar-refractivity contribution >= 4 is 33.3 Å². The van der Waals surface area contributed by atoms with Crippen LogP contribution >= 0.6 is 11.6 Å². The van der Waals surface area contributed by atoms with Crippen LogP contribution < -0.4 is 4.72 Å². The second-order valence-electron chi connectivity index (χ2n) is 5.12. The summed E-state index contributed by atoms with van der Waals surface area (Å²) in [6.07, 6.45) is -4.84. The fraction of sp³-hybridized carbons (Fsp3) is 0.133. The van der Waals surface area contributed by atoms with Crippen LogP contribution in [0.1, 0.15) is 21.5 Å². The molecule has 0 spiro atoms. The molecule has 2 rings (SSSR count). The summed E-state index contributed by atoms with van der Waals surface area (Å²) in [5, 5.41) is 9.06. The highest BCUT2D eigenvalue weighted by Crippen LogP contribution is 2.33. The van der Waals surface area contributed by atoms with Crippen LogP contribution in [-0.2, 0) is 16.2 Å². The van der Waals surface area contributed by atoms with Gasteiger partial charge in [0.05, 0.1) is 21.7 Å². The van der Waals surface area contributed by atoms with Crippen molar-refractivity contribution < 1.29 is 31.5 Å². The number of alkyl halides is 3. The number of aryl methyl sites for hydroxylation is 1. The lowest BCUT2D eigenvalue weighted by Crippen LogP contribution is -2.16. The number of aromatic carboxylic acids is 1. The number of benzene rings is 2. The number of hydrogen-bond donors (Lipinski definition) is 2. The van der Waals surface area contributed by atoms with E-state index in [0.29, 0.717) is 17.7 Å². The van der Waals surface area contributed by atoms with Crippen molar-refractivity contribution in [3.8, 4) is 0 Å². The van der Waals surface area contributed by atoms with Gasteiger partial charge in [-0.2, -0.15) is 13.2 Å². The van der Waals surface area contributed by atoms with E-state index in [-0.39, 0.29) is 9.92 Å². The van der Waals surface area contributed by atoms with Crippen LogP contribution in [0.2, 0.25) is 5.02 Å². The predicted octanol–water partition coefficient (Wildman–Crippen LogP) is 4.17.